The summed E-state index contributed by atoms with van der Waals surface area (Å²) < 4.78 is 6.70. The van der Waals surface area contributed by atoms with Gasteiger partial charge in [-0.05, 0) is 56.5 Å². The smallest absolute Gasteiger partial charge is 0.190 e. The highest BCUT2D eigenvalue weighted by atomic mass is 79.9. The summed E-state index contributed by atoms with van der Waals surface area (Å²) in [6.45, 7) is 4.25. The molecule has 1 atom stereocenters. The second kappa shape index (κ2) is 7.87. The van der Waals surface area contributed by atoms with Gasteiger partial charge in [0.1, 0.15) is 11.4 Å². The molecule has 0 aliphatic carbocycles. The number of halogens is 1. The molecular weight excluding hydrogens is 376 g/mol. The van der Waals surface area contributed by atoms with Crippen molar-refractivity contribution in [2.24, 2.45) is 0 Å². The van der Waals surface area contributed by atoms with Gasteiger partial charge in [-0.25, -0.2) is 0 Å². The van der Waals surface area contributed by atoms with Gasteiger partial charge in [-0.1, -0.05) is 51.4 Å². The zero-order valence-electron chi connectivity index (χ0n) is 14.9. The van der Waals surface area contributed by atoms with Crippen LogP contribution in [0, 0.1) is 6.92 Å². The molecule has 0 fully saturated rings. The molecule has 1 heterocycles. The van der Waals surface area contributed by atoms with Gasteiger partial charge in [-0.15, -0.1) is 0 Å². The van der Waals surface area contributed by atoms with Crippen molar-refractivity contribution < 1.29 is 4.52 Å². The Morgan fingerprint density at radius 3 is 2.44 bits per heavy atom. The highest BCUT2D eigenvalue weighted by molar-refractivity contribution is 9.10. The zero-order chi connectivity index (χ0) is 17.8. The molecule has 0 aliphatic rings. The quantitative estimate of drug-likeness (QED) is 0.519. The second-order valence-electron chi connectivity index (χ2n) is 6.44. The lowest BCUT2D eigenvalue weighted by atomic mass is 10.0. The van der Waals surface area contributed by atoms with Crippen LogP contribution in [0.15, 0.2) is 63.6 Å². The fourth-order valence-electron chi connectivity index (χ4n) is 3.01. The minimum atomic E-state index is 0.382. The van der Waals surface area contributed by atoms with E-state index in [1.165, 1.54) is 5.56 Å². The molecule has 0 radical (unpaired) electrons. The Balaban J connectivity index is 1.78. The van der Waals surface area contributed by atoms with Crippen LogP contribution in [0.3, 0.4) is 0 Å². The molecule has 0 amide bonds. The van der Waals surface area contributed by atoms with Gasteiger partial charge in [0.25, 0.3) is 0 Å². The van der Waals surface area contributed by atoms with Crippen LogP contribution < -0.4 is 4.90 Å². The third-order valence-corrected chi connectivity index (χ3v) is 5.17. The fraction of sp³-hybridized carbons (Fsp3) is 0.286. The highest BCUT2D eigenvalue weighted by Gasteiger charge is 2.22. The maximum atomic E-state index is 5.65. The summed E-state index contributed by atoms with van der Waals surface area (Å²) in [5.74, 6) is 0.832. The van der Waals surface area contributed by atoms with E-state index in [9.17, 15) is 0 Å². The van der Waals surface area contributed by atoms with Crippen LogP contribution in [0.5, 0.6) is 0 Å². The van der Waals surface area contributed by atoms with Gasteiger partial charge < -0.3 is 9.42 Å². The second-order valence-corrected chi connectivity index (χ2v) is 7.35. The maximum Gasteiger partial charge on any atom is 0.190 e. The van der Waals surface area contributed by atoms with Gasteiger partial charge in [-0.2, -0.15) is 0 Å². The van der Waals surface area contributed by atoms with E-state index in [-0.39, 0.29) is 0 Å². The van der Waals surface area contributed by atoms with E-state index >= 15 is 0 Å². The van der Waals surface area contributed by atoms with Gasteiger partial charge in [-0.3, -0.25) is 0 Å². The first-order valence-corrected chi connectivity index (χ1v) is 9.34. The molecule has 0 saturated carbocycles. The number of aryl methyl sites for hydroxylation is 2. The number of hydrogen-bond acceptors (Lipinski definition) is 3. The zero-order valence-corrected chi connectivity index (χ0v) is 16.5. The van der Waals surface area contributed by atoms with Crippen molar-refractivity contribution >= 4 is 21.6 Å². The van der Waals surface area contributed by atoms with Crippen molar-refractivity contribution in [3.63, 3.8) is 0 Å². The third-order valence-electron chi connectivity index (χ3n) is 4.65. The molecular formula is C21H23BrN2O. The average molecular weight is 399 g/mol. The first kappa shape index (κ1) is 17.7. The normalized spacial score (nSPS) is 12.2. The van der Waals surface area contributed by atoms with Gasteiger partial charge in [0.05, 0.1) is 0 Å². The van der Waals surface area contributed by atoms with Crippen molar-refractivity contribution in [1.29, 1.82) is 0 Å². The van der Waals surface area contributed by atoms with Crippen LogP contribution in [-0.4, -0.2) is 18.2 Å². The van der Waals surface area contributed by atoms with E-state index in [2.05, 4.69) is 82.4 Å². The number of aromatic nitrogens is 1. The Labute approximate surface area is 157 Å². The fourth-order valence-corrected chi connectivity index (χ4v) is 3.27. The summed E-state index contributed by atoms with van der Waals surface area (Å²) in [5.41, 5.74) is 4.41. The van der Waals surface area contributed by atoms with Gasteiger partial charge >= 0.3 is 0 Å². The van der Waals surface area contributed by atoms with E-state index in [1.54, 1.807) is 0 Å². The van der Waals surface area contributed by atoms with E-state index in [1.807, 2.05) is 19.1 Å². The molecule has 0 bridgehead atoms. The van der Waals surface area contributed by atoms with Crippen LogP contribution >= 0.6 is 15.9 Å². The summed E-state index contributed by atoms with van der Waals surface area (Å²) in [4.78, 5) is 2.28. The van der Waals surface area contributed by atoms with Crippen molar-refractivity contribution in [3.05, 3.63) is 70.3 Å². The molecule has 1 unspecified atom stereocenters. The van der Waals surface area contributed by atoms with Crippen LogP contribution in [-0.2, 0) is 6.42 Å². The lowest BCUT2D eigenvalue weighted by Gasteiger charge is -2.27. The van der Waals surface area contributed by atoms with E-state index in [0.29, 0.717) is 6.04 Å². The molecule has 25 heavy (non-hydrogen) atoms. The summed E-state index contributed by atoms with van der Waals surface area (Å²) in [5, 5.41) is 4.21. The summed E-state index contributed by atoms with van der Waals surface area (Å²) in [6.07, 6.45) is 2.13. The van der Waals surface area contributed by atoms with Crippen molar-refractivity contribution in [1.82, 2.24) is 5.16 Å². The molecule has 130 valence electrons. The van der Waals surface area contributed by atoms with Crippen molar-refractivity contribution in [2.75, 3.05) is 11.9 Å². The Hall–Kier alpha value is -2.07. The molecule has 3 nitrogen and oxygen atoms in total. The first-order valence-electron chi connectivity index (χ1n) is 8.55. The van der Waals surface area contributed by atoms with Crippen molar-refractivity contribution in [3.8, 4) is 11.3 Å². The number of rotatable bonds is 6. The van der Waals surface area contributed by atoms with Gasteiger partial charge in [0.2, 0.25) is 0 Å². The molecule has 0 saturated heterocycles. The molecule has 0 N–H and O–H groups in total. The Kier molecular flexibility index (Phi) is 5.59. The first-order chi connectivity index (χ1) is 12.1. The third kappa shape index (κ3) is 4.13. The lowest BCUT2D eigenvalue weighted by molar-refractivity contribution is 0.427. The molecule has 2 aromatic carbocycles. The molecule has 1 aromatic heterocycles. The maximum absolute atomic E-state index is 5.65. The summed E-state index contributed by atoms with van der Waals surface area (Å²) in [7, 11) is 2.12. The number of hydrogen-bond donors (Lipinski definition) is 0. The van der Waals surface area contributed by atoms with Crippen LogP contribution in [0.4, 0.5) is 5.69 Å². The molecule has 3 rings (SSSR count). The molecule has 3 aromatic rings. The van der Waals surface area contributed by atoms with E-state index in [4.69, 9.17) is 4.52 Å². The minimum absolute atomic E-state index is 0.382. The molecule has 0 aliphatic heterocycles. The van der Waals surface area contributed by atoms with E-state index in [0.717, 1.165) is 40.0 Å². The minimum Gasteiger partial charge on any atom is -0.367 e. The van der Waals surface area contributed by atoms with E-state index < -0.39 is 0 Å². The van der Waals surface area contributed by atoms with Crippen LogP contribution in [0.2, 0.25) is 0 Å². The number of anilines is 1. The SMILES string of the molecule is Cc1noc(-c2ccc(Br)cc2)c1N(C)C(C)CCc1ccccc1. The van der Waals surface area contributed by atoms with Crippen LogP contribution in [0.25, 0.3) is 11.3 Å². The average Bonchev–Trinajstić information content (AvgIpc) is 3.02. The molecule has 0 spiro atoms. The monoisotopic (exact) mass is 398 g/mol. The standard InChI is InChI=1S/C21H23BrN2O/c1-15(9-10-17-7-5-4-6-8-17)24(3)20-16(2)23-25-21(20)18-11-13-19(22)14-12-18/h4-8,11-15H,9-10H2,1-3H3. The number of nitrogens with zero attached hydrogens (tertiary/aromatic N) is 2. The summed E-state index contributed by atoms with van der Waals surface area (Å²) in [6, 6.07) is 19.2. The van der Waals surface area contributed by atoms with Crippen LogP contribution in [0.1, 0.15) is 24.6 Å². The van der Waals surface area contributed by atoms with Gasteiger partial charge in [0, 0.05) is 23.1 Å². The molecule has 4 heteroatoms. The predicted molar refractivity (Wildman–Crippen MR) is 107 cm³/mol. The van der Waals surface area contributed by atoms with Gasteiger partial charge in [0.15, 0.2) is 5.76 Å². The largest absolute Gasteiger partial charge is 0.367 e. The Morgan fingerprint density at radius 2 is 1.76 bits per heavy atom. The highest BCUT2D eigenvalue weighted by Crippen LogP contribution is 2.35. The predicted octanol–water partition coefficient (Wildman–Crippen LogP) is 5.87. The Morgan fingerprint density at radius 1 is 1.08 bits per heavy atom. The lowest BCUT2D eigenvalue weighted by Crippen LogP contribution is -2.29. The summed E-state index contributed by atoms with van der Waals surface area (Å²) >= 11 is 3.48. The topological polar surface area (TPSA) is 29.3 Å². The Bertz CT molecular complexity index is 812. The number of benzene rings is 2. The van der Waals surface area contributed by atoms with Crippen molar-refractivity contribution in [2.45, 2.75) is 32.7 Å².